The number of amides is 1. The van der Waals surface area contributed by atoms with E-state index in [9.17, 15) is 4.79 Å². The predicted octanol–water partition coefficient (Wildman–Crippen LogP) is -1.04. The second-order valence-corrected chi connectivity index (χ2v) is 3.28. The standard InChI is InChI=1S/C10H23N5O2/c1-3-17-8-4-6-13-10(15-11)14-7-5-9(16)12-2/h3-8,11H2,1-2H3,(H,12,16)(H2,13,14,15). The second-order valence-electron chi connectivity index (χ2n) is 3.28. The van der Waals surface area contributed by atoms with Gasteiger partial charge < -0.3 is 15.4 Å². The molecule has 0 aliphatic rings. The SMILES string of the molecule is CCOCCCN=C(NN)NCCC(=O)NC. The van der Waals surface area contributed by atoms with E-state index in [0.717, 1.165) is 13.0 Å². The number of hydrogen-bond donors (Lipinski definition) is 4. The van der Waals surface area contributed by atoms with Gasteiger partial charge in [-0.3, -0.25) is 15.2 Å². The molecule has 0 aromatic heterocycles. The van der Waals surface area contributed by atoms with E-state index in [1.54, 1.807) is 7.05 Å². The highest BCUT2D eigenvalue weighted by Crippen LogP contribution is 1.84. The molecule has 7 nitrogen and oxygen atoms in total. The number of hydrogen-bond acceptors (Lipinski definition) is 4. The predicted molar refractivity (Wildman–Crippen MR) is 67.4 cm³/mol. The summed E-state index contributed by atoms with van der Waals surface area (Å²) in [5.74, 6) is 5.76. The first-order chi connectivity index (χ1) is 8.24. The molecule has 5 N–H and O–H groups in total. The Bertz CT molecular complexity index is 233. The summed E-state index contributed by atoms with van der Waals surface area (Å²) >= 11 is 0. The summed E-state index contributed by atoms with van der Waals surface area (Å²) in [6.07, 6.45) is 1.23. The number of nitrogens with zero attached hydrogens (tertiary/aromatic N) is 1. The molecule has 0 aromatic carbocycles. The maximum Gasteiger partial charge on any atom is 0.221 e. The fourth-order valence-electron chi connectivity index (χ4n) is 1.07. The monoisotopic (exact) mass is 245 g/mol. The molecular weight excluding hydrogens is 222 g/mol. The van der Waals surface area contributed by atoms with Crippen molar-refractivity contribution >= 4 is 11.9 Å². The molecule has 0 bridgehead atoms. The van der Waals surface area contributed by atoms with Crippen LogP contribution in [0.2, 0.25) is 0 Å². The Balaban J connectivity index is 3.66. The molecule has 0 heterocycles. The van der Waals surface area contributed by atoms with Crippen LogP contribution in [-0.2, 0) is 9.53 Å². The number of hydrazine groups is 1. The van der Waals surface area contributed by atoms with Crippen molar-refractivity contribution in [2.45, 2.75) is 19.8 Å². The molecule has 0 radical (unpaired) electrons. The average molecular weight is 245 g/mol. The summed E-state index contributed by atoms with van der Waals surface area (Å²) in [6.45, 7) is 4.49. The Kier molecular flexibility index (Phi) is 10.3. The molecule has 0 rings (SSSR count). The van der Waals surface area contributed by atoms with E-state index in [1.807, 2.05) is 6.92 Å². The first-order valence-corrected chi connectivity index (χ1v) is 5.77. The van der Waals surface area contributed by atoms with Gasteiger partial charge in [0.15, 0.2) is 0 Å². The Hall–Kier alpha value is -1.34. The van der Waals surface area contributed by atoms with Gasteiger partial charge in [0.1, 0.15) is 0 Å². The third-order valence-electron chi connectivity index (χ3n) is 1.98. The van der Waals surface area contributed by atoms with Crippen LogP contribution in [0, 0.1) is 0 Å². The van der Waals surface area contributed by atoms with E-state index < -0.39 is 0 Å². The van der Waals surface area contributed by atoms with Crippen LogP contribution < -0.4 is 21.9 Å². The Labute approximate surface area is 102 Å². The lowest BCUT2D eigenvalue weighted by Gasteiger charge is -2.08. The number of nitrogens with one attached hydrogen (secondary N) is 3. The van der Waals surface area contributed by atoms with Gasteiger partial charge in [-0.15, -0.1) is 0 Å². The van der Waals surface area contributed by atoms with E-state index in [4.69, 9.17) is 10.6 Å². The molecule has 17 heavy (non-hydrogen) atoms. The summed E-state index contributed by atoms with van der Waals surface area (Å²) in [7, 11) is 1.60. The van der Waals surface area contributed by atoms with E-state index in [-0.39, 0.29) is 5.91 Å². The van der Waals surface area contributed by atoms with Gasteiger partial charge in [-0.05, 0) is 13.3 Å². The molecular formula is C10H23N5O2. The van der Waals surface area contributed by atoms with Crippen LogP contribution in [-0.4, -0.2) is 45.2 Å². The smallest absolute Gasteiger partial charge is 0.221 e. The minimum atomic E-state index is -0.0229. The van der Waals surface area contributed by atoms with E-state index in [1.165, 1.54) is 0 Å². The van der Waals surface area contributed by atoms with Crippen molar-refractivity contribution in [1.82, 2.24) is 16.1 Å². The number of ether oxygens (including phenoxy) is 1. The molecule has 0 fully saturated rings. The maximum atomic E-state index is 11.0. The third-order valence-corrected chi connectivity index (χ3v) is 1.98. The minimum Gasteiger partial charge on any atom is -0.382 e. The number of guanidine groups is 1. The van der Waals surface area contributed by atoms with Gasteiger partial charge in [-0.1, -0.05) is 0 Å². The Morgan fingerprint density at radius 2 is 2.24 bits per heavy atom. The summed E-state index contributed by atoms with van der Waals surface area (Å²) in [6, 6.07) is 0. The molecule has 0 atom stereocenters. The van der Waals surface area contributed by atoms with Crippen LogP contribution in [0.1, 0.15) is 19.8 Å². The van der Waals surface area contributed by atoms with Crippen molar-refractivity contribution in [3.8, 4) is 0 Å². The van der Waals surface area contributed by atoms with Gasteiger partial charge in [-0.2, -0.15) is 0 Å². The van der Waals surface area contributed by atoms with Crippen molar-refractivity contribution in [2.24, 2.45) is 10.8 Å². The van der Waals surface area contributed by atoms with Crippen LogP contribution in [0.25, 0.3) is 0 Å². The fraction of sp³-hybridized carbons (Fsp3) is 0.800. The first-order valence-electron chi connectivity index (χ1n) is 5.77. The minimum absolute atomic E-state index is 0.0229. The molecule has 1 amide bonds. The molecule has 0 aliphatic heterocycles. The molecule has 0 aromatic rings. The first kappa shape index (κ1) is 15.7. The average Bonchev–Trinajstić information content (AvgIpc) is 2.36. The van der Waals surface area contributed by atoms with Gasteiger partial charge in [0.05, 0.1) is 0 Å². The summed E-state index contributed by atoms with van der Waals surface area (Å²) in [5.41, 5.74) is 2.45. The topological polar surface area (TPSA) is 101 Å². The number of rotatable bonds is 8. The lowest BCUT2D eigenvalue weighted by molar-refractivity contribution is -0.120. The van der Waals surface area contributed by atoms with Crippen molar-refractivity contribution < 1.29 is 9.53 Å². The summed E-state index contributed by atoms with van der Waals surface area (Å²) in [4.78, 5) is 15.1. The van der Waals surface area contributed by atoms with Crippen molar-refractivity contribution in [2.75, 3.05) is 33.4 Å². The van der Waals surface area contributed by atoms with Crippen molar-refractivity contribution in [3.05, 3.63) is 0 Å². The number of aliphatic imine (C=N–C) groups is 1. The molecule has 7 heteroatoms. The lowest BCUT2D eigenvalue weighted by atomic mass is 10.4. The number of nitrogens with two attached hydrogens (primary N) is 1. The van der Waals surface area contributed by atoms with Crippen molar-refractivity contribution in [1.29, 1.82) is 0 Å². The largest absolute Gasteiger partial charge is 0.382 e. The maximum absolute atomic E-state index is 11.0. The Morgan fingerprint density at radius 3 is 2.82 bits per heavy atom. The Morgan fingerprint density at radius 1 is 1.47 bits per heavy atom. The van der Waals surface area contributed by atoms with Gasteiger partial charge in [0.25, 0.3) is 0 Å². The highest BCUT2D eigenvalue weighted by molar-refractivity contribution is 5.80. The zero-order chi connectivity index (χ0) is 12.9. The summed E-state index contributed by atoms with van der Waals surface area (Å²) in [5, 5.41) is 5.47. The zero-order valence-corrected chi connectivity index (χ0v) is 10.6. The van der Waals surface area contributed by atoms with Crippen LogP contribution in [0.3, 0.4) is 0 Å². The molecule has 0 unspecified atom stereocenters. The van der Waals surface area contributed by atoms with Gasteiger partial charge in [-0.25, -0.2) is 5.84 Å². The van der Waals surface area contributed by atoms with Crippen LogP contribution in [0.5, 0.6) is 0 Å². The summed E-state index contributed by atoms with van der Waals surface area (Å²) < 4.78 is 5.18. The van der Waals surface area contributed by atoms with Crippen LogP contribution >= 0.6 is 0 Å². The van der Waals surface area contributed by atoms with Gasteiger partial charge in [0, 0.05) is 39.8 Å². The van der Waals surface area contributed by atoms with Crippen LogP contribution in [0.15, 0.2) is 4.99 Å². The van der Waals surface area contributed by atoms with E-state index >= 15 is 0 Å². The lowest BCUT2D eigenvalue weighted by Crippen LogP contribution is -2.42. The molecule has 0 saturated carbocycles. The van der Waals surface area contributed by atoms with E-state index in [0.29, 0.717) is 32.1 Å². The molecule has 0 aliphatic carbocycles. The molecule has 100 valence electrons. The number of carbonyl (C=O) groups excluding carboxylic acids is 1. The van der Waals surface area contributed by atoms with Gasteiger partial charge >= 0.3 is 0 Å². The fourth-order valence-corrected chi connectivity index (χ4v) is 1.07. The second kappa shape index (κ2) is 11.2. The molecule has 0 spiro atoms. The molecule has 0 saturated heterocycles. The zero-order valence-electron chi connectivity index (χ0n) is 10.6. The normalized spacial score (nSPS) is 11.1. The van der Waals surface area contributed by atoms with Crippen LogP contribution in [0.4, 0.5) is 0 Å². The highest BCUT2D eigenvalue weighted by Gasteiger charge is 1.99. The van der Waals surface area contributed by atoms with Crippen molar-refractivity contribution in [3.63, 3.8) is 0 Å². The van der Waals surface area contributed by atoms with Gasteiger partial charge in [0.2, 0.25) is 11.9 Å². The number of carbonyl (C=O) groups is 1. The van der Waals surface area contributed by atoms with E-state index in [2.05, 4.69) is 21.1 Å². The third kappa shape index (κ3) is 9.58. The highest BCUT2D eigenvalue weighted by atomic mass is 16.5. The quantitative estimate of drug-likeness (QED) is 0.144.